The van der Waals surface area contributed by atoms with Gasteiger partial charge in [0.15, 0.2) is 5.65 Å². The molecule has 0 radical (unpaired) electrons. The van der Waals surface area contributed by atoms with E-state index in [1.807, 2.05) is 29.3 Å². The number of fused-ring (bicyclic) bond motifs is 2. The topological polar surface area (TPSA) is 89.4 Å². The molecule has 0 atom stereocenters. The van der Waals surface area contributed by atoms with Crippen molar-refractivity contribution in [2.24, 2.45) is 5.92 Å². The summed E-state index contributed by atoms with van der Waals surface area (Å²) >= 11 is 3.64. The van der Waals surface area contributed by atoms with Crippen molar-refractivity contribution >= 4 is 44.2 Å². The molecule has 0 spiro atoms. The number of aryl methyl sites for hydroxylation is 1. The van der Waals surface area contributed by atoms with Crippen molar-refractivity contribution in [3.63, 3.8) is 0 Å². The number of carbonyl (C=O) groups excluding carboxylic acids is 1. The van der Waals surface area contributed by atoms with Crippen LogP contribution in [-0.2, 0) is 11.2 Å². The van der Waals surface area contributed by atoms with E-state index < -0.39 is 0 Å². The largest absolute Gasteiger partial charge is 0.383 e. The smallest absolute Gasteiger partial charge is 0.219 e. The van der Waals surface area contributed by atoms with E-state index in [0.717, 1.165) is 76.6 Å². The Morgan fingerprint density at radius 2 is 2.00 bits per heavy atom. The maximum absolute atomic E-state index is 11.6. The zero-order chi connectivity index (χ0) is 22.2. The molecule has 3 aromatic heterocycles. The van der Waals surface area contributed by atoms with Gasteiger partial charge in [0.2, 0.25) is 5.91 Å². The second-order valence-corrected chi connectivity index (χ2v) is 9.25. The van der Waals surface area contributed by atoms with Gasteiger partial charge in [0.05, 0.1) is 21.9 Å². The fourth-order valence-corrected chi connectivity index (χ4v) is 4.96. The van der Waals surface area contributed by atoms with Crippen molar-refractivity contribution in [1.29, 1.82) is 0 Å². The number of hydrogen-bond donors (Lipinski definition) is 1. The molecule has 32 heavy (non-hydrogen) atoms. The van der Waals surface area contributed by atoms with Gasteiger partial charge in [-0.2, -0.15) is 9.61 Å². The quantitative estimate of drug-likeness (QED) is 0.453. The standard InChI is InChI=1S/C24H25BrN6O/c1-15(32)30-10-8-16(9-11-30)6-7-21-22(25)23(26)31-24(29-21)19(14-28-31)18-12-17-4-2-3-5-20(17)27-13-18/h2-5,12-14,16H,6-11,26H2,1H3. The van der Waals surface area contributed by atoms with E-state index >= 15 is 0 Å². The second-order valence-electron chi connectivity index (χ2n) is 8.46. The van der Waals surface area contributed by atoms with Gasteiger partial charge in [0.25, 0.3) is 0 Å². The summed E-state index contributed by atoms with van der Waals surface area (Å²) in [6.45, 7) is 3.34. The van der Waals surface area contributed by atoms with Gasteiger partial charge in [0.1, 0.15) is 5.82 Å². The van der Waals surface area contributed by atoms with Crippen LogP contribution in [0.4, 0.5) is 5.82 Å². The summed E-state index contributed by atoms with van der Waals surface area (Å²) in [5.41, 5.74) is 10.9. The summed E-state index contributed by atoms with van der Waals surface area (Å²) in [5.74, 6) is 1.31. The van der Waals surface area contributed by atoms with E-state index in [9.17, 15) is 4.79 Å². The molecule has 164 valence electrons. The first kappa shape index (κ1) is 20.9. The van der Waals surface area contributed by atoms with Crippen molar-refractivity contribution in [2.75, 3.05) is 18.8 Å². The van der Waals surface area contributed by atoms with Crippen molar-refractivity contribution in [2.45, 2.75) is 32.6 Å². The molecule has 2 N–H and O–H groups in total. The molecule has 0 unspecified atom stereocenters. The van der Waals surface area contributed by atoms with Crippen LogP contribution < -0.4 is 5.73 Å². The van der Waals surface area contributed by atoms with Crippen LogP contribution in [0.2, 0.25) is 0 Å². The SMILES string of the molecule is CC(=O)N1CCC(CCc2nc3c(-c4cnc5ccccc5c4)cnn3c(N)c2Br)CC1. The van der Waals surface area contributed by atoms with E-state index in [1.54, 1.807) is 17.6 Å². The Balaban J connectivity index is 1.43. The average Bonchev–Trinajstić information content (AvgIpc) is 3.24. The van der Waals surface area contributed by atoms with Crippen LogP contribution in [0, 0.1) is 5.92 Å². The third-order valence-corrected chi connectivity index (χ3v) is 7.31. The minimum absolute atomic E-state index is 0.169. The third-order valence-electron chi connectivity index (χ3n) is 6.44. The molecular weight excluding hydrogens is 468 g/mol. The van der Waals surface area contributed by atoms with Crippen molar-refractivity contribution in [3.8, 4) is 11.1 Å². The van der Waals surface area contributed by atoms with Gasteiger partial charge < -0.3 is 10.6 Å². The lowest BCUT2D eigenvalue weighted by Crippen LogP contribution is -2.37. The molecule has 1 aliphatic rings. The number of nitrogens with two attached hydrogens (primary N) is 1. The van der Waals surface area contributed by atoms with Crippen LogP contribution in [0.3, 0.4) is 0 Å². The average molecular weight is 493 g/mol. The van der Waals surface area contributed by atoms with Crippen LogP contribution in [0.25, 0.3) is 27.7 Å². The number of likely N-dealkylation sites (tertiary alicyclic amines) is 1. The minimum atomic E-state index is 0.169. The predicted molar refractivity (Wildman–Crippen MR) is 129 cm³/mol. The van der Waals surface area contributed by atoms with Gasteiger partial charge in [-0.1, -0.05) is 18.2 Å². The van der Waals surface area contributed by atoms with Crippen LogP contribution in [0.15, 0.2) is 47.2 Å². The van der Waals surface area contributed by atoms with Crippen LogP contribution in [0.5, 0.6) is 0 Å². The number of amides is 1. The number of nitrogen functional groups attached to an aromatic ring is 1. The number of halogens is 1. The molecule has 8 heteroatoms. The van der Waals surface area contributed by atoms with Crippen molar-refractivity contribution < 1.29 is 4.79 Å². The lowest BCUT2D eigenvalue weighted by Gasteiger charge is -2.31. The van der Waals surface area contributed by atoms with Gasteiger partial charge >= 0.3 is 0 Å². The Morgan fingerprint density at radius 1 is 1.22 bits per heavy atom. The number of benzene rings is 1. The van der Waals surface area contributed by atoms with Crippen LogP contribution in [-0.4, -0.2) is 43.5 Å². The van der Waals surface area contributed by atoms with Crippen molar-refractivity contribution in [1.82, 2.24) is 24.5 Å². The zero-order valence-corrected chi connectivity index (χ0v) is 19.5. The number of rotatable bonds is 4. The number of piperidine rings is 1. The van der Waals surface area contributed by atoms with E-state index in [-0.39, 0.29) is 5.91 Å². The molecule has 1 aliphatic heterocycles. The first-order chi connectivity index (χ1) is 15.5. The Hall–Kier alpha value is -3.00. The predicted octanol–water partition coefficient (Wildman–Crippen LogP) is 4.48. The number of anilines is 1. The molecule has 5 rings (SSSR count). The molecule has 0 saturated carbocycles. The highest BCUT2D eigenvalue weighted by Gasteiger charge is 2.22. The summed E-state index contributed by atoms with van der Waals surface area (Å²) in [6.07, 6.45) is 7.59. The molecule has 0 bridgehead atoms. The third kappa shape index (κ3) is 3.83. The first-order valence-corrected chi connectivity index (χ1v) is 11.7. The van der Waals surface area contributed by atoms with E-state index in [0.29, 0.717) is 11.7 Å². The highest BCUT2D eigenvalue weighted by atomic mass is 79.9. The summed E-state index contributed by atoms with van der Waals surface area (Å²) in [4.78, 5) is 23.1. The highest BCUT2D eigenvalue weighted by molar-refractivity contribution is 9.10. The van der Waals surface area contributed by atoms with E-state index in [2.05, 4.69) is 38.1 Å². The number of aromatic nitrogens is 4. The minimum Gasteiger partial charge on any atom is -0.383 e. The summed E-state index contributed by atoms with van der Waals surface area (Å²) in [7, 11) is 0. The summed E-state index contributed by atoms with van der Waals surface area (Å²) in [6, 6.07) is 10.2. The Kier molecular flexibility index (Phi) is 5.55. The molecule has 7 nitrogen and oxygen atoms in total. The van der Waals surface area contributed by atoms with Crippen molar-refractivity contribution in [3.05, 3.63) is 52.9 Å². The molecule has 1 amide bonds. The van der Waals surface area contributed by atoms with Gasteiger partial charge in [-0.25, -0.2) is 4.98 Å². The fourth-order valence-electron chi connectivity index (χ4n) is 4.51. The second kappa shape index (κ2) is 8.50. The van der Waals surface area contributed by atoms with Crippen LogP contribution in [0.1, 0.15) is 31.9 Å². The van der Waals surface area contributed by atoms with Gasteiger partial charge in [-0.15, -0.1) is 0 Å². The van der Waals surface area contributed by atoms with Gasteiger partial charge in [-0.05, 0) is 59.7 Å². The van der Waals surface area contributed by atoms with Gasteiger partial charge in [0, 0.05) is 42.7 Å². The number of hydrogen-bond acceptors (Lipinski definition) is 5. The fraction of sp³-hybridized carbons (Fsp3) is 0.333. The normalized spacial score (nSPS) is 15.0. The number of carbonyl (C=O) groups is 1. The maximum Gasteiger partial charge on any atom is 0.219 e. The molecule has 0 aliphatic carbocycles. The highest BCUT2D eigenvalue weighted by Crippen LogP contribution is 2.32. The summed E-state index contributed by atoms with van der Waals surface area (Å²) < 4.78 is 2.49. The van der Waals surface area contributed by atoms with E-state index in [4.69, 9.17) is 10.7 Å². The number of nitrogens with zero attached hydrogens (tertiary/aromatic N) is 5. The number of pyridine rings is 1. The maximum atomic E-state index is 11.6. The number of para-hydroxylation sites is 1. The van der Waals surface area contributed by atoms with Gasteiger partial charge in [-0.3, -0.25) is 9.78 Å². The molecular formula is C24H25BrN6O. The molecule has 4 heterocycles. The molecule has 1 saturated heterocycles. The first-order valence-electron chi connectivity index (χ1n) is 10.9. The molecule has 1 aromatic carbocycles. The zero-order valence-electron chi connectivity index (χ0n) is 18.0. The Labute approximate surface area is 194 Å². The lowest BCUT2D eigenvalue weighted by atomic mass is 9.91. The lowest BCUT2D eigenvalue weighted by molar-refractivity contribution is -0.130. The molecule has 1 fully saturated rings. The molecule has 4 aromatic rings. The van der Waals surface area contributed by atoms with E-state index in [1.165, 1.54) is 0 Å². The summed E-state index contributed by atoms with van der Waals surface area (Å²) in [5, 5.41) is 5.56. The monoisotopic (exact) mass is 492 g/mol. The Morgan fingerprint density at radius 3 is 2.78 bits per heavy atom. The Bertz CT molecular complexity index is 1310. The van der Waals surface area contributed by atoms with Crippen LogP contribution >= 0.6 is 15.9 Å².